The van der Waals surface area contributed by atoms with Crippen LogP contribution in [0.1, 0.15) is 43.7 Å². The van der Waals surface area contributed by atoms with Crippen molar-refractivity contribution in [3.63, 3.8) is 0 Å². The predicted octanol–water partition coefficient (Wildman–Crippen LogP) is 4.36. The van der Waals surface area contributed by atoms with Gasteiger partial charge >= 0.3 is 0 Å². The molecule has 1 aliphatic carbocycles. The van der Waals surface area contributed by atoms with Crippen LogP contribution in [0.2, 0.25) is 0 Å². The molecule has 0 aromatic heterocycles. The highest BCUT2D eigenvalue weighted by Gasteiger charge is 2.47. The van der Waals surface area contributed by atoms with Gasteiger partial charge in [0, 0.05) is 24.1 Å². The number of carbonyl (C=O) groups is 1. The Hall–Kier alpha value is -2.40. The number of carbonyl (C=O) groups excluding carboxylic acids is 1. The van der Waals surface area contributed by atoms with Crippen molar-refractivity contribution in [3.05, 3.63) is 53.8 Å². The Morgan fingerprint density at radius 1 is 1.10 bits per heavy atom. The van der Waals surface area contributed by atoms with Crippen LogP contribution in [0.25, 0.3) is 11.1 Å². The van der Waals surface area contributed by atoms with E-state index >= 15 is 0 Å². The standard InChI is InChI=1S/C24H27FN2O2/c25-18-7-3-6-16(12-18)17-8-9-21-20(13-17)23-19(22(14-28)26-21)10-11-27(23)24(29)15-4-1-2-5-15/h3,6-9,12-13,15,19,22-23,26,28H,1-2,4-5,10-11,14H2/t19-,22+,23-/m0/s1. The van der Waals surface area contributed by atoms with E-state index in [9.17, 15) is 14.3 Å². The predicted molar refractivity (Wildman–Crippen MR) is 111 cm³/mol. The fourth-order valence-corrected chi connectivity index (χ4v) is 5.56. The second-order valence-corrected chi connectivity index (χ2v) is 8.66. The molecule has 2 heterocycles. The number of likely N-dealkylation sites (tertiary alicyclic amines) is 1. The van der Waals surface area contributed by atoms with Gasteiger partial charge in [-0.05, 0) is 60.2 Å². The summed E-state index contributed by atoms with van der Waals surface area (Å²) in [4.78, 5) is 15.4. The Kier molecular flexibility index (Phi) is 4.78. The Balaban J connectivity index is 1.55. The van der Waals surface area contributed by atoms with Crippen molar-refractivity contribution in [1.82, 2.24) is 4.90 Å². The third kappa shape index (κ3) is 3.21. The van der Waals surface area contributed by atoms with Crippen molar-refractivity contribution >= 4 is 11.6 Å². The molecule has 0 bridgehead atoms. The number of aliphatic hydroxyl groups is 1. The number of anilines is 1. The average molecular weight is 394 g/mol. The van der Waals surface area contributed by atoms with Crippen molar-refractivity contribution in [3.8, 4) is 11.1 Å². The van der Waals surface area contributed by atoms with E-state index in [1.54, 1.807) is 12.1 Å². The molecule has 1 saturated carbocycles. The van der Waals surface area contributed by atoms with E-state index in [0.29, 0.717) is 0 Å². The molecule has 2 aromatic carbocycles. The number of aliphatic hydroxyl groups excluding tert-OH is 1. The van der Waals surface area contributed by atoms with Gasteiger partial charge in [0.1, 0.15) is 5.82 Å². The van der Waals surface area contributed by atoms with Crippen molar-refractivity contribution < 1.29 is 14.3 Å². The van der Waals surface area contributed by atoms with E-state index < -0.39 is 0 Å². The Morgan fingerprint density at radius 3 is 2.66 bits per heavy atom. The second kappa shape index (κ2) is 7.45. The van der Waals surface area contributed by atoms with Gasteiger partial charge in [0.15, 0.2) is 0 Å². The molecule has 5 heteroatoms. The van der Waals surface area contributed by atoms with E-state index in [2.05, 4.69) is 16.3 Å². The monoisotopic (exact) mass is 394 g/mol. The first-order chi connectivity index (χ1) is 14.2. The number of rotatable bonds is 3. The highest BCUT2D eigenvalue weighted by atomic mass is 19.1. The number of amides is 1. The maximum absolute atomic E-state index is 13.8. The SMILES string of the molecule is O=C(C1CCCC1)N1CC[C@@H]2[C@H]1c1cc(-c3cccc(F)c3)ccc1N[C@@H]2CO. The number of nitrogens with zero attached hydrogens (tertiary/aromatic N) is 1. The van der Waals surface area contributed by atoms with Crippen molar-refractivity contribution in [1.29, 1.82) is 0 Å². The van der Waals surface area contributed by atoms with Gasteiger partial charge in [0.2, 0.25) is 5.91 Å². The molecule has 2 aromatic rings. The first-order valence-corrected chi connectivity index (χ1v) is 10.7. The third-order valence-corrected chi connectivity index (χ3v) is 7.01. The minimum absolute atomic E-state index is 0.0231. The number of fused-ring (bicyclic) bond motifs is 3. The Bertz CT molecular complexity index is 925. The highest BCUT2D eigenvalue weighted by Crippen LogP contribution is 2.48. The molecular weight excluding hydrogens is 367 g/mol. The maximum Gasteiger partial charge on any atom is 0.226 e. The quantitative estimate of drug-likeness (QED) is 0.813. The molecule has 3 aliphatic rings. The van der Waals surface area contributed by atoms with Gasteiger partial charge in [-0.1, -0.05) is 31.0 Å². The fourth-order valence-electron chi connectivity index (χ4n) is 5.56. The summed E-state index contributed by atoms with van der Waals surface area (Å²) in [7, 11) is 0. The fraction of sp³-hybridized carbons (Fsp3) is 0.458. The summed E-state index contributed by atoms with van der Waals surface area (Å²) in [5.74, 6) is 0.359. The van der Waals surface area contributed by atoms with Crippen LogP contribution >= 0.6 is 0 Å². The van der Waals surface area contributed by atoms with Crippen LogP contribution in [0.4, 0.5) is 10.1 Å². The van der Waals surface area contributed by atoms with Gasteiger partial charge < -0.3 is 15.3 Å². The van der Waals surface area contributed by atoms with Crippen LogP contribution in [-0.2, 0) is 4.79 Å². The zero-order chi connectivity index (χ0) is 20.0. The summed E-state index contributed by atoms with van der Waals surface area (Å²) < 4.78 is 13.8. The zero-order valence-corrected chi connectivity index (χ0v) is 16.5. The van der Waals surface area contributed by atoms with E-state index in [1.165, 1.54) is 6.07 Å². The minimum atomic E-state index is -0.254. The number of benzene rings is 2. The summed E-state index contributed by atoms with van der Waals surface area (Å²) in [6.45, 7) is 0.796. The van der Waals surface area contributed by atoms with Crippen molar-refractivity contribution in [2.24, 2.45) is 11.8 Å². The Labute approximate surface area is 170 Å². The number of hydrogen-bond acceptors (Lipinski definition) is 3. The summed E-state index contributed by atoms with van der Waals surface area (Å²) in [6.07, 6.45) is 5.15. The zero-order valence-electron chi connectivity index (χ0n) is 16.5. The number of nitrogens with one attached hydrogen (secondary N) is 1. The molecule has 1 amide bonds. The van der Waals surface area contributed by atoms with Gasteiger partial charge in [-0.2, -0.15) is 0 Å². The van der Waals surface area contributed by atoms with Crippen LogP contribution in [0.5, 0.6) is 0 Å². The van der Waals surface area contributed by atoms with Crippen LogP contribution in [0.3, 0.4) is 0 Å². The van der Waals surface area contributed by atoms with E-state index in [1.807, 2.05) is 18.2 Å². The van der Waals surface area contributed by atoms with Crippen LogP contribution < -0.4 is 5.32 Å². The second-order valence-electron chi connectivity index (χ2n) is 8.66. The molecule has 3 atom stereocenters. The molecule has 2 aliphatic heterocycles. The smallest absolute Gasteiger partial charge is 0.226 e. The van der Waals surface area contributed by atoms with Crippen LogP contribution in [0, 0.1) is 17.7 Å². The topological polar surface area (TPSA) is 52.6 Å². The summed E-state index contributed by atoms with van der Waals surface area (Å²) in [6, 6.07) is 12.6. The van der Waals surface area contributed by atoms with E-state index in [4.69, 9.17) is 0 Å². The molecule has 0 spiro atoms. The molecule has 4 nitrogen and oxygen atoms in total. The van der Waals surface area contributed by atoms with E-state index in [0.717, 1.165) is 61.0 Å². The molecule has 0 radical (unpaired) electrons. The van der Waals surface area contributed by atoms with Gasteiger partial charge in [-0.15, -0.1) is 0 Å². The molecule has 0 unspecified atom stereocenters. The van der Waals surface area contributed by atoms with Gasteiger partial charge in [-0.3, -0.25) is 4.79 Å². The van der Waals surface area contributed by atoms with Gasteiger partial charge in [-0.25, -0.2) is 4.39 Å². The highest BCUT2D eigenvalue weighted by molar-refractivity contribution is 5.81. The van der Waals surface area contributed by atoms with Crippen LogP contribution in [-0.4, -0.2) is 35.1 Å². The number of hydrogen-bond donors (Lipinski definition) is 2. The minimum Gasteiger partial charge on any atom is -0.394 e. The van der Waals surface area contributed by atoms with E-state index in [-0.39, 0.29) is 42.3 Å². The average Bonchev–Trinajstić information content (AvgIpc) is 3.43. The molecule has 152 valence electrons. The largest absolute Gasteiger partial charge is 0.394 e. The van der Waals surface area contributed by atoms with Gasteiger partial charge in [0.25, 0.3) is 0 Å². The summed E-state index contributed by atoms with van der Waals surface area (Å²) in [5.41, 5.74) is 3.84. The maximum atomic E-state index is 13.8. The molecule has 5 rings (SSSR count). The lowest BCUT2D eigenvalue weighted by atomic mass is 9.82. The number of halogens is 1. The van der Waals surface area contributed by atoms with Crippen LogP contribution in [0.15, 0.2) is 42.5 Å². The lowest BCUT2D eigenvalue weighted by Gasteiger charge is -2.40. The first-order valence-electron chi connectivity index (χ1n) is 10.7. The molecule has 29 heavy (non-hydrogen) atoms. The Morgan fingerprint density at radius 2 is 1.90 bits per heavy atom. The summed E-state index contributed by atoms with van der Waals surface area (Å²) in [5, 5.41) is 13.4. The van der Waals surface area contributed by atoms with Gasteiger partial charge in [0.05, 0.1) is 18.7 Å². The lowest BCUT2D eigenvalue weighted by molar-refractivity contribution is -0.136. The normalized spacial score (nSPS) is 26.1. The lowest BCUT2D eigenvalue weighted by Crippen LogP contribution is -2.44. The first kappa shape index (κ1) is 18.6. The molecule has 1 saturated heterocycles. The van der Waals surface area contributed by atoms with Crippen molar-refractivity contribution in [2.45, 2.75) is 44.2 Å². The van der Waals surface area contributed by atoms with Crippen molar-refractivity contribution in [2.75, 3.05) is 18.5 Å². The summed E-state index contributed by atoms with van der Waals surface area (Å²) >= 11 is 0. The third-order valence-electron chi connectivity index (χ3n) is 7.01. The molecular formula is C24H27FN2O2. The molecule has 2 fully saturated rings. The molecule has 2 N–H and O–H groups in total.